The zero-order chi connectivity index (χ0) is 15.0. The monoisotopic (exact) mass is 309 g/mol. The summed E-state index contributed by atoms with van der Waals surface area (Å²) in [6.07, 6.45) is 4.94. The van der Waals surface area contributed by atoms with Gasteiger partial charge in [-0.15, -0.1) is 0 Å². The first-order valence-corrected chi connectivity index (χ1v) is 9.24. The van der Waals surface area contributed by atoms with Crippen LogP contribution in [0.1, 0.15) is 43.7 Å². The molecule has 1 N–H and O–H groups in total. The highest BCUT2D eigenvalue weighted by Crippen LogP contribution is 2.38. The van der Waals surface area contributed by atoms with E-state index in [1.165, 1.54) is 0 Å². The molecule has 0 spiro atoms. The lowest BCUT2D eigenvalue weighted by Gasteiger charge is -2.23. The smallest absolute Gasteiger partial charge is 0.243 e. The van der Waals surface area contributed by atoms with Crippen LogP contribution in [0.15, 0.2) is 23.1 Å². The van der Waals surface area contributed by atoms with E-state index >= 15 is 0 Å². The van der Waals surface area contributed by atoms with Crippen molar-refractivity contribution in [2.75, 3.05) is 6.54 Å². The van der Waals surface area contributed by atoms with Gasteiger partial charge >= 0.3 is 0 Å². The molecule has 5 heteroatoms. The van der Waals surface area contributed by atoms with Gasteiger partial charge in [-0.05, 0) is 55.2 Å². The van der Waals surface area contributed by atoms with Crippen molar-refractivity contribution < 1.29 is 13.5 Å². The molecule has 0 saturated heterocycles. The van der Waals surface area contributed by atoms with Gasteiger partial charge in [0.05, 0.1) is 11.5 Å². The van der Waals surface area contributed by atoms with Crippen LogP contribution < -0.4 is 0 Å². The highest BCUT2D eigenvalue weighted by atomic mass is 32.2. The molecule has 4 nitrogen and oxygen atoms in total. The molecule has 0 aliphatic heterocycles. The summed E-state index contributed by atoms with van der Waals surface area (Å²) in [5.74, 6) is 0.548. The molecule has 2 saturated carbocycles. The van der Waals surface area contributed by atoms with E-state index in [1.54, 1.807) is 16.4 Å². The number of nitrogens with zero attached hydrogens (tertiary/aromatic N) is 1. The van der Waals surface area contributed by atoms with Crippen LogP contribution in [0, 0.1) is 5.92 Å². The maximum atomic E-state index is 13.1. The molecule has 0 unspecified atom stereocenters. The van der Waals surface area contributed by atoms with E-state index in [4.69, 9.17) is 0 Å². The lowest BCUT2D eigenvalue weighted by Crippen LogP contribution is -2.35. The molecular weight excluding hydrogens is 286 g/mol. The maximum absolute atomic E-state index is 13.1. The van der Waals surface area contributed by atoms with Crippen molar-refractivity contribution in [2.24, 2.45) is 5.92 Å². The molecular formula is C16H23NO3S. The minimum atomic E-state index is -3.45. The number of benzene rings is 1. The van der Waals surface area contributed by atoms with Crippen LogP contribution in [0.3, 0.4) is 0 Å². The van der Waals surface area contributed by atoms with Gasteiger partial charge in [0.15, 0.2) is 0 Å². The second kappa shape index (κ2) is 5.71. The first kappa shape index (κ1) is 15.0. The van der Waals surface area contributed by atoms with Crippen LogP contribution in [0.25, 0.3) is 0 Å². The Hall–Kier alpha value is -0.910. The van der Waals surface area contributed by atoms with Crippen LogP contribution in [-0.4, -0.2) is 30.4 Å². The zero-order valence-corrected chi connectivity index (χ0v) is 13.3. The van der Waals surface area contributed by atoms with Gasteiger partial charge in [0.2, 0.25) is 10.0 Å². The molecule has 0 aromatic heterocycles. The molecule has 0 heterocycles. The lowest BCUT2D eigenvalue weighted by atomic mass is 10.1. The second-order valence-electron chi connectivity index (χ2n) is 6.20. The van der Waals surface area contributed by atoms with Gasteiger partial charge in [0.25, 0.3) is 0 Å². The van der Waals surface area contributed by atoms with Crippen molar-refractivity contribution in [3.05, 3.63) is 29.3 Å². The number of aliphatic hydroxyl groups excluding tert-OH is 1. The summed E-state index contributed by atoms with van der Waals surface area (Å²) in [5.41, 5.74) is 1.50. The predicted octanol–water partition coefficient (Wildman–Crippen LogP) is 2.30. The predicted molar refractivity (Wildman–Crippen MR) is 81.4 cm³/mol. The fourth-order valence-corrected chi connectivity index (χ4v) is 4.82. The number of sulfonamides is 1. The van der Waals surface area contributed by atoms with Crippen LogP contribution in [0.5, 0.6) is 0 Å². The SMILES string of the molecule is CCc1ccc(CO)cc1S(=O)(=O)N(CC1CC1)C1CC1. The van der Waals surface area contributed by atoms with Crippen LogP contribution >= 0.6 is 0 Å². The highest BCUT2D eigenvalue weighted by molar-refractivity contribution is 7.89. The Kier molecular flexibility index (Phi) is 4.08. The first-order valence-electron chi connectivity index (χ1n) is 7.80. The Balaban J connectivity index is 1.98. The van der Waals surface area contributed by atoms with E-state index in [0.29, 0.717) is 29.3 Å². The Morgan fingerprint density at radius 2 is 1.95 bits per heavy atom. The number of hydrogen-bond donors (Lipinski definition) is 1. The highest BCUT2D eigenvalue weighted by Gasteiger charge is 2.41. The Morgan fingerprint density at radius 3 is 2.48 bits per heavy atom. The van der Waals surface area contributed by atoms with E-state index in [2.05, 4.69) is 0 Å². The third-order valence-corrected chi connectivity index (χ3v) is 6.37. The van der Waals surface area contributed by atoms with Crippen molar-refractivity contribution in [1.29, 1.82) is 0 Å². The largest absolute Gasteiger partial charge is 0.392 e. The fourth-order valence-electron chi connectivity index (χ4n) is 2.72. The van der Waals surface area contributed by atoms with Crippen LogP contribution in [0.4, 0.5) is 0 Å². The third kappa shape index (κ3) is 3.15. The molecule has 1 aromatic carbocycles. The summed E-state index contributed by atoms with van der Waals surface area (Å²) in [4.78, 5) is 0.393. The minimum Gasteiger partial charge on any atom is -0.392 e. The van der Waals surface area contributed by atoms with Crippen LogP contribution in [0.2, 0.25) is 0 Å². The lowest BCUT2D eigenvalue weighted by molar-refractivity contribution is 0.281. The van der Waals surface area contributed by atoms with Gasteiger partial charge < -0.3 is 5.11 Å². The molecule has 2 fully saturated rings. The standard InChI is InChI=1S/C16H23NO3S/c1-2-14-6-5-13(11-18)9-16(14)21(19,20)17(15-7-8-15)10-12-3-4-12/h5-6,9,12,15,18H,2-4,7-8,10-11H2,1H3. The average molecular weight is 309 g/mol. The normalized spacial score (nSPS) is 19.2. The van der Waals surface area contributed by atoms with Gasteiger partial charge in [-0.25, -0.2) is 8.42 Å². The first-order chi connectivity index (χ1) is 10.1. The summed E-state index contributed by atoms with van der Waals surface area (Å²) in [6.45, 7) is 2.51. The van der Waals surface area contributed by atoms with E-state index in [9.17, 15) is 13.5 Å². The average Bonchev–Trinajstić information content (AvgIpc) is 3.37. The number of aliphatic hydroxyl groups is 1. The van der Waals surface area contributed by atoms with Gasteiger partial charge in [-0.3, -0.25) is 0 Å². The molecule has 2 aliphatic rings. The van der Waals surface area contributed by atoms with Crippen molar-refractivity contribution in [3.8, 4) is 0 Å². The Bertz CT molecular complexity index is 618. The van der Waals surface area contributed by atoms with Gasteiger partial charge in [0.1, 0.15) is 0 Å². The summed E-state index contributed by atoms with van der Waals surface area (Å²) >= 11 is 0. The second-order valence-corrected chi connectivity index (χ2v) is 8.06. The van der Waals surface area contributed by atoms with E-state index < -0.39 is 10.0 Å². The maximum Gasteiger partial charge on any atom is 0.243 e. The van der Waals surface area contributed by atoms with Gasteiger partial charge in [0, 0.05) is 12.6 Å². The molecule has 116 valence electrons. The molecule has 2 aliphatic carbocycles. The molecule has 0 radical (unpaired) electrons. The van der Waals surface area contributed by atoms with Crippen molar-refractivity contribution >= 4 is 10.0 Å². The number of aryl methyl sites for hydroxylation is 1. The topological polar surface area (TPSA) is 57.6 Å². The summed E-state index contributed by atoms with van der Waals surface area (Å²) in [5, 5.41) is 9.30. The number of hydrogen-bond acceptors (Lipinski definition) is 3. The van der Waals surface area contributed by atoms with E-state index in [-0.39, 0.29) is 12.6 Å². The zero-order valence-electron chi connectivity index (χ0n) is 12.5. The fraction of sp³-hybridized carbons (Fsp3) is 0.625. The molecule has 0 atom stereocenters. The summed E-state index contributed by atoms with van der Waals surface area (Å²) in [7, 11) is -3.45. The van der Waals surface area contributed by atoms with Gasteiger partial charge in [-0.2, -0.15) is 4.31 Å². The van der Waals surface area contributed by atoms with Crippen LogP contribution in [-0.2, 0) is 23.1 Å². The quantitative estimate of drug-likeness (QED) is 0.841. The molecule has 0 bridgehead atoms. The molecule has 3 rings (SSSR count). The number of rotatable bonds is 7. The summed E-state index contributed by atoms with van der Waals surface area (Å²) in [6, 6.07) is 5.48. The third-order valence-electron chi connectivity index (χ3n) is 4.37. The van der Waals surface area contributed by atoms with E-state index in [1.807, 2.05) is 13.0 Å². The molecule has 0 amide bonds. The van der Waals surface area contributed by atoms with Crippen molar-refractivity contribution in [2.45, 2.75) is 56.6 Å². The van der Waals surface area contributed by atoms with Crippen molar-refractivity contribution in [3.63, 3.8) is 0 Å². The Morgan fingerprint density at radius 1 is 1.24 bits per heavy atom. The molecule has 21 heavy (non-hydrogen) atoms. The Labute approximate surface area is 126 Å². The van der Waals surface area contributed by atoms with Crippen molar-refractivity contribution in [1.82, 2.24) is 4.31 Å². The summed E-state index contributed by atoms with van der Waals surface area (Å²) < 4.78 is 27.9. The van der Waals surface area contributed by atoms with E-state index in [0.717, 1.165) is 31.2 Å². The molecule has 1 aromatic rings. The minimum absolute atomic E-state index is 0.126. The van der Waals surface area contributed by atoms with Gasteiger partial charge in [-0.1, -0.05) is 19.1 Å².